The largest absolute Gasteiger partial charge is 0.474 e. The second-order valence-electron chi connectivity index (χ2n) is 5.29. The van der Waals surface area contributed by atoms with Crippen LogP contribution in [0.15, 0.2) is 48.5 Å². The fourth-order valence-corrected chi connectivity index (χ4v) is 1.95. The van der Waals surface area contributed by atoms with E-state index in [1.165, 1.54) is 25.1 Å². The maximum Gasteiger partial charge on any atom is 0.310 e. The smallest absolute Gasteiger partial charge is 0.310 e. The van der Waals surface area contributed by atoms with Gasteiger partial charge in [0.25, 0.3) is 11.8 Å². The number of carbonyl (C=O) groups excluding carboxylic acids is 2. The van der Waals surface area contributed by atoms with Crippen molar-refractivity contribution >= 4 is 17.5 Å². The number of hydrazine groups is 1. The highest BCUT2D eigenvalue weighted by Gasteiger charge is 2.21. The lowest BCUT2D eigenvalue weighted by Gasteiger charge is -2.15. The number of aryl methyl sites for hydroxylation is 1. The lowest BCUT2D eigenvalue weighted by molar-refractivity contribution is -0.386. The van der Waals surface area contributed by atoms with E-state index in [0.717, 1.165) is 5.56 Å². The monoisotopic (exact) mass is 343 g/mol. The number of para-hydroxylation sites is 2. The van der Waals surface area contributed by atoms with E-state index in [0.29, 0.717) is 5.56 Å². The summed E-state index contributed by atoms with van der Waals surface area (Å²) in [5.74, 6) is -1.15. The molecule has 8 nitrogen and oxygen atoms in total. The Hall–Kier alpha value is -3.42. The third-order valence-electron chi connectivity index (χ3n) is 3.35. The molecule has 0 aromatic heterocycles. The van der Waals surface area contributed by atoms with Crippen molar-refractivity contribution in [2.24, 2.45) is 0 Å². The molecule has 0 aliphatic carbocycles. The van der Waals surface area contributed by atoms with Crippen molar-refractivity contribution in [2.45, 2.75) is 20.0 Å². The van der Waals surface area contributed by atoms with Gasteiger partial charge in [-0.3, -0.25) is 30.6 Å². The number of nitro benzene ring substituents is 1. The van der Waals surface area contributed by atoms with Crippen LogP contribution in [-0.4, -0.2) is 22.8 Å². The number of benzene rings is 2. The quantitative estimate of drug-likeness (QED) is 0.638. The minimum atomic E-state index is -1.04. The third kappa shape index (κ3) is 4.77. The molecule has 2 aromatic rings. The zero-order valence-electron chi connectivity index (χ0n) is 13.7. The predicted molar refractivity (Wildman–Crippen MR) is 90.0 cm³/mol. The van der Waals surface area contributed by atoms with Crippen LogP contribution in [0, 0.1) is 17.0 Å². The molecule has 130 valence electrons. The third-order valence-corrected chi connectivity index (χ3v) is 3.35. The Balaban J connectivity index is 1.93. The van der Waals surface area contributed by atoms with Gasteiger partial charge in [-0.2, -0.15) is 0 Å². The van der Waals surface area contributed by atoms with Crippen molar-refractivity contribution in [3.05, 3.63) is 69.8 Å². The first-order valence-electron chi connectivity index (χ1n) is 7.45. The van der Waals surface area contributed by atoms with E-state index in [4.69, 9.17) is 4.74 Å². The van der Waals surface area contributed by atoms with Crippen LogP contribution in [-0.2, 0) is 4.79 Å². The summed E-state index contributed by atoms with van der Waals surface area (Å²) < 4.78 is 5.32. The van der Waals surface area contributed by atoms with Crippen LogP contribution in [0.1, 0.15) is 22.8 Å². The lowest BCUT2D eigenvalue weighted by Crippen LogP contribution is -2.47. The molecule has 0 unspecified atom stereocenters. The minimum Gasteiger partial charge on any atom is -0.474 e. The summed E-state index contributed by atoms with van der Waals surface area (Å²) in [5, 5.41) is 10.9. The molecule has 8 heteroatoms. The van der Waals surface area contributed by atoms with Crippen molar-refractivity contribution in [3.63, 3.8) is 0 Å². The molecule has 2 rings (SSSR count). The highest BCUT2D eigenvalue weighted by Crippen LogP contribution is 2.26. The highest BCUT2D eigenvalue weighted by molar-refractivity contribution is 5.95. The van der Waals surface area contributed by atoms with Gasteiger partial charge in [-0.15, -0.1) is 0 Å². The Morgan fingerprint density at radius 1 is 1.08 bits per heavy atom. The van der Waals surface area contributed by atoms with Gasteiger partial charge < -0.3 is 4.74 Å². The molecule has 0 spiro atoms. The fraction of sp³-hybridized carbons (Fsp3) is 0.176. The van der Waals surface area contributed by atoms with Gasteiger partial charge >= 0.3 is 5.69 Å². The SMILES string of the molecule is Cc1ccc(C(=O)NNC(=O)[C@@H](C)Oc2ccccc2[N+](=O)[O-])cc1. The van der Waals surface area contributed by atoms with Gasteiger partial charge in [0.1, 0.15) is 0 Å². The van der Waals surface area contributed by atoms with E-state index in [9.17, 15) is 19.7 Å². The van der Waals surface area contributed by atoms with Crippen LogP contribution in [0.2, 0.25) is 0 Å². The minimum absolute atomic E-state index is 0.0278. The summed E-state index contributed by atoms with van der Waals surface area (Å²) in [6.07, 6.45) is -1.04. The van der Waals surface area contributed by atoms with Crippen LogP contribution >= 0.6 is 0 Å². The van der Waals surface area contributed by atoms with Gasteiger partial charge in [0.15, 0.2) is 11.9 Å². The Kier molecular flexibility index (Phi) is 5.67. The van der Waals surface area contributed by atoms with Gasteiger partial charge in [-0.05, 0) is 32.0 Å². The van der Waals surface area contributed by atoms with E-state index in [1.54, 1.807) is 30.3 Å². The number of nitrogens with zero attached hydrogens (tertiary/aromatic N) is 1. The Labute approximate surface area is 143 Å². The molecule has 2 N–H and O–H groups in total. The average Bonchev–Trinajstić information content (AvgIpc) is 2.60. The molecule has 0 aliphatic heterocycles. The summed E-state index contributed by atoms with van der Waals surface area (Å²) in [5.41, 5.74) is 5.65. The number of hydrogen-bond donors (Lipinski definition) is 2. The molecule has 0 bridgehead atoms. The van der Waals surface area contributed by atoms with E-state index >= 15 is 0 Å². The predicted octanol–water partition coefficient (Wildman–Crippen LogP) is 2.13. The lowest BCUT2D eigenvalue weighted by atomic mass is 10.1. The van der Waals surface area contributed by atoms with Gasteiger partial charge in [0.05, 0.1) is 4.92 Å². The van der Waals surface area contributed by atoms with Gasteiger partial charge in [0, 0.05) is 11.6 Å². The summed E-state index contributed by atoms with van der Waals surface area (Å²) in [6.45, 7) is 3.31. The zero-order valence-corrected chi connectivity index (χ0v) is 13.7. The molecule has 0 fully saturated rings. The number of carbonyl (C=O) groups is 2. The number of nitrogens with one attached hydrogen (secondary N) is 2. The Morgan fingerprint density at radius 3 is 2.36 bits per heavy atom. The van der Waals surface area contributed by atoms with Crippen LogP contribution in [0.5, 0.6) is 5.75 Å². The molecule has 2 aromatic carbocycles. The number of ether oxygens (including phenoxy) is 1. The number of rotatable bonds is 5. The first-order chi connectivity index (χ1) is 11.9. The second-order valence-corrected chi connectivity index (χ2v) is 5.29. The fourth-order valence-electron chi connectivity index (χ4n) is 1.95. The summed E-state index contributed by atoms with van der Waals surface area (Å²) in [6, 6.07) is 12.5. The second kappa shape index (κ2) is 7.91. The Morgan fingerprint density at radius 2 is 1.72 bits per heavy atom. The standard InChI is InChI=1S/C17H17N3O5/c1-11-7-9-13(10-8-11)17(22)19-18-16(21)12(2)25-15-6-4-3-5-14(15)20(23)24/h3-10,12H,1-2H3,(H,18,21)(H,19,22)/t12-/m1/s1. The van der Waals surface area contributed by atoms with Crippen molar-refractivity contribution in [1.29, 1.82) is 0 Å². The molecule has 1 atom stereocenters. The molecule has 25 heavy (non-hydrogen) atoms. The Bertz CT molecular complexity index is 789. The number of hydrogen-bond acceptors (Lipinski definition) is 5. The van der Waals surface area contributed by atoms with Gasteiger partial charge in [-0.1, -0.05) is 29.8 Å². The van der Waals surface area contributed by atoms with E-state index < -0.39 is 22.8 Å². The van der Waals surface area contributed by atoms with Crippen molar-refractivity contribution in [1.82, 2.24) is 10.9 Å². The highest BCUT2D eigenvalue weighted by atomic mass is 16.6. The van der Waals surface area contributed by atoms with Crippen LogP contribution in [0.3, 0.4) is 0 Å². The number of nitro groups is 1. The van der Waals surface area contributed by atoms with Gasteiger partial charge in [-0.25, -0.2) is 0 Å². The van der Waals surface area contributed by atoms with Crippen LogP contribution < -0.4 is 15.6 Å². The van der Waals surface area contributed by atoms with E-state index in [1.807, 2.05) is 6.92 Å². The summed E-state index contributed by atoms with van der Waals surface area (Å²) in [4.78, 5) is 34.3. The maximum atomic E-state index is 12.0. The molecule has 0 aliphatic rings. The topological polar surface area (TPSA) is 111 Å². The molecule has 2 amide bonds. The van der Waals surface area contributed by atoms with Crippen molar-refractivity contribution < 1.29 is 19.2 Å². The van der Waals surface area contributed by atoms with E-state index in [-0.39, 0.29) is 11.4 Å². The van der Waals surface area contributed by atoms with Crippen LogP contribution in [0.25, 0.3) is 0 Å². The molecular weight excluding hydrogens is 326 g/mol. The maximum absolute atomic E-state index is 12.0. The summed E-state index contributed by atoms with van der Waals surface area (Å²) >= 11 is 0. The van der Waals surface area contributed by atoms with Gasteiger partial charge in [0.2, 0.25) is 0 Å². The first-order valence-corrected chi connectivity index (χ1v) is 7.45. The molecule has 0 saturated heterocycles. The van der Waals surface area contributed by atoms with Crippen molar-refractivity contribution in [2.75, 3.05) is 0 Å². The molecular formula is C17H17N3O5. The van der Waals surface area contributed by atoms with Crippen molar-refractivity contribution in [3.8, 4) is 5.75 Å². The number of amides is 2. The summed E-state index contributed by atoms with van der Waals surface area (Å²) in [7, 11) is 0. The van der Waals surface area contributed by atoms with E-state index in [2.05, 4.69) is 10.9 Å². The van der Waals surface area contributed by atoms with Crippen LogP contribution in [0.4, 0.5) is 5.69 Å². The average molecular weight is 343 g/mol. The molecule has 0 saturated carbocycles. The molecule has 0 heterocycles. The normalized spacial score (nSPS) is 11.3. The molecule has 0 radical (unpaired) electrons. The zero-order chi connectivity index (χ0) is 18.4. The first kappa shape index (κ1) is 17.9.